The normalized spacial score (nSPS) is 24.7. The number of nitrogens with two attached hydrogens (primary N) is 1. The molecule has 3 rings (SSSR count). The van der Waals surface area contributed by atoms with Crippen LogP contribution in [0.15, 0.2) is 17.1 Å². The molecule has 6 N–H and O–H groups in total. The van der Waals surface area contributed by atoms with Gasteiger partial charge in [0.2, 0.25) is 5.60 Å². The lowest BCUT2D eigenvalue weighted by Gasteiger charge is -2.28. The van der Waals surface area contributed by atoms with E-state index in [-0.39, 0.29) is 42.8 Å². The van der Waals surface area contributed by atoms with Crippen LogP contribution < -0.4 is 11.1 Å². The maximum absolute atomic E-state index is 13.1. The van der Waals surface area contributed by atoms with E-state index in [1.54, 1.807) is 20.8 Å². The van der Waals surface area contributed by atoms with Crippen molar-refractivity contribution in [3.8, 4) is 6.07 Å². The zero-order valence-corrected chi connectivity index (χ0v) is 27.2. The Kier molecular flexibility index (Phi) is 13.3. The molecule has 0 unspecified atom stereocenters. The number of carbonyl (C=O) groups is 3. The van der Waals surface area contributed by atoms with Crippen molar-refractivity contribution in [2.24, 2.45) is 22.1 Å². The van der Waals surface area contributed by atoms with Gasteiger partial charge >= 0.3 is 18.0 Å². The number of unbranched alkanes of at least 4 members (excludes halogenated alkanes) is 1. The van der Waals surface area contributed by atoms with Gasteiger partial charge in [-0.05, 0) is 42.7 Å². The Hall–Kier alpha value is -3.80. The summed E-state index contributed by atoms with van der Waals surface area (Å²) in [5, 5.41) is 31.8. The minimum absolute atomic E-state index is 0.0461. The zero-order valence-electron chi connectivity index (χ0n) is 27.2. The van der Waals surface area contributed by atoms with Gasteiger partial charge in [-0.2, -0.15) is 5.26 Å². The molecule has 254 valence electrons. The molecule has 1 saturated carbocycles. The van der Waals surface area contributed by atoms with E-state index in [0.717, 1.165) is 51.3 Å². The monoisotopic (exact) mass is 644 g/mol. The molecule has 2 heterocycles. The molecule has 0 spiro atoms. The maximum Gasteiger partial charge on any atom is 0.412 e. The number of aliphatic hydroxyl groups is 1. The third kappa shape index (κ3) is 9.37. The standard InChI is InChI=1S/C32H48N6O8/c1-5-6-15-43-30(42)38-28(36-19-34)21-13-14-23(37-21)32(18-33)27(40)25(45-29(41)26(35)31(2,3)4)22(46-32)17-44-24(39)16-20-11-9-7-8-10-12-20/h13-14,19-20,22,25-27,37,40H,5-12,15-17,35H2,1-4H3,(H2,34,36,38,42)/t22-,25-,26-,27-,32+/m1/s1. The van der Waals surface area contributed by atoms with Gasteiger partial charge in [0.25, 0.3) is 0 Å². The summed E-state index contributed by atoms with van der Waals surface area (Å²) in [5.41, 5.74) is 3.58. The maximum atomic E-state index is 13.1. The molecule has 1 saturated heterocycles. The van der Waals surface area contributed by atoms with Crippen LogP contribution in [0.3, 0.4) is 0 Å². The van der Waals surface area contributed by atoms with E-state index in [2.05, 4.69) is 15.3 Å². The number of hydrogen-bond donors (Lipinski definition) is 5. The van der Waals surface area contributed by atoms with Crippen LogP contribution in [0.1, 0.15) is 96.9 Å². The average Bonchev–Trinajstić information content (AvgIpc) is 3.50. The molecule has 5 atom stereocenters. The number of aliphatic imine (C=N–C) groups is 1. The highest BCUT2D eigenvalue weighted by Crippen LogP contribution is 2.41. The van der Waals surface area contributed by atoms with Gasteiger partial charge in [0.1, 0.15) is 37.3 Å². The van der Waals surface area contributed by atoms with Gasteiger partial charge in [0.05, 0.1) is 18.0 Å². The predicted molar refractivity (Wildman–Crippen MR) is 168 cm³/mol. The molecule has 46 heavy (non-hydrogen) atoms. The highest BCUT2D eigenvalue weighted by molar-refractivity contribution is 6.07. The molecule has 2 aliphatic rings. The van der Waals surface area contributed by atoms with Crippen LogP contribution in [0.2, 0.25) is 0 Å². The van der Waals surface area contributed by atoms with Crippen LogP contribution in [0.5, 0.6) is 0 Å². The van der Waals surface area contributed by atoms with Crippen molar-refractivity contribution in [2.45, 2.75) is 115 Å². The van der Waals surface area contributed by atoms with Gasteiger partial charge in [0, 0.05) is 6.42 Å². The molecule has 1 aliphatic heterocycles. The molecular weight excluding hydrogens is 596 g/mol. The number of ether oxygens (including phenoxy) is 4. The fourth-order valence-electron chi connectivity index (χ4n) is 5.48. The Labute approximate surface area is 269 Å². The number of H-pyrrole nitrogens is 1. The molecular formula is C32H48N6O8. The molecule has 1 aromatic rings. The first-order valence-corrected chi connectivity index (χ1v) is 16.0. The number of carbonyl (C=O) groups excluding carboxylic acids is 3. The minimum atomic E-state index is -2.11. The lowest BCUT2D eigenvalue weighted by atomic mass is 9.87. The number of aromatic amines is 1. The van der Waals surface area contributed by atoms with E-state index in [1.807, 2.05) is 13.0 Å². The van der Waals surface area contributed by atoms with Gasteiger partial charge in [-0.15, -0.1) is 0 Å². The number of hydrogen-bond acceptors (Lipinski definition) is 11. The summed E-state index contributed by atoms with van der Waals surface area (Å²) in [7, 11) is 0. The number of aliphatic hydroxyl groups excluding tert-OH is 1. The predicted octanol–water partition coefficient (Wildman–Crippen LogP) is 3.56. The molecule has 1 amide bonds. The first-order valence-electron chi connectivity index (χ1n) is 16.0. The summed E-state index contributed by atoms with van der Waals surface area (Å²) in [5.74, 6) is -1.12. The Morgan fingerprint density at radius 2 is 1.96 bits per heavy atom. The average molecular weight is 645 g/mol. The Morgan fingerprint density at radius 1 is 1.26 bits per heavy atom. The quantitative estimate of drug-likeness (QED) is 0.0555. The van der Waals surface area contributed by atoms with E-state index in [1.165, 1.54) is 12.1 Å². The second-order valence-electron chi connectivity index (χ2n) is 12.9. The van der Waals surface area contributed by atoms with E-state index >= 15 is 0 Å². The third-order valence-corrected chi connectivity index (χ3v) is 8.36. The first kappa shape index (κ1) is 36.7. The number of nitriles is 1. The molecule has 1 aliphatic carbocycles. The number of amides is 1. The molecule has 14 heteroatoms. The fraction of sp³-hybridized carbons (Fsp3) is 0.688. The van der Waals surface area contributed by atoms with Crippen molar-refractivity contribution >= 4 is 30.2 Å². The number of amidine groups is 1. The van der Waals surface area contributed by atoms with Crippen molar-refractivity contribution in [1.82, 2.24) is 10.3 Å². The van der Waals surface area contributed by atoms with E-state index in [0.29, 0.717) is 6.42 Å². The lowest BCUT2D eigenvalue weighted by Crippen LogP contribution is -2.49. The largest absolute Gasteiger partial charge is 0.463 e. The minimum Gasteiger partial charge on any atom is -0.463 e. The highest BCUT2D eigenvalue weighted by atomic mass is 16.6. The molecule has 2 fully saturated rings. The zero-order chi connectivity index (χ0) is 33.9. The summed E-state index contributed by atoms with van der Waals surface area (Å²) in [4.78, 5) is 45.0. The second-order valence-corrected chi connectivity index (χ2v) is 12.9. The van der Waals surface area contributed by atoms with Crippen LogP contribution in [-0.2, 0) is 34.1 Å². The molecule has 0 bridgehead atoms. The fourth-order valence-corrected chi connectivity index (χ4v) is 5.48. The number of nitrogens with zero attached hydrogens (tertiary/aromatic N) is 2. The molecule has 0 radical (unpaired) electrons. The smallest absolute Gasteiger partial charge is 0.412 e. The van der Waals surface area contributed by atoms with Crippen LogP contribution in [0, 0.1) is 28.1 Å². The van der Waals surface area contributed by atoms with Gasteiger partial charge < -0.3 is 34.8 Å². The van der Waals surface area contributed by atoms with Crippen LogP contribution in [0.25, 0.3) is 0 Å². The van der Waals surface area contributed by atoms with E-state index in [4.69, 9.17) is 30.1 Å². The van der Waals surface area contributed by atoms with Crippen molar-refractivity contribution in [3.05, 3.63) is 23.5 Å². The van der Waals surface area contributed by atoms with Crippen molar-refractivity contribution in [1.29, 1.82) is 10.7 Å². The van der Waals surface area contributed by atoms with Crippen LogP contribution >= 0.6 is 0 Å². The van der Waals surface area contributed by atoms with Crippen molar-refractivity contribution in [2.75, 3.05) is 13.2 Å². The number of esters is 2. The molecule has 0 aromatic carbocycles. The summed E-state index contributed by atoms with van der Waals surface area (Å²) in [6.45, 7) is 7.04. The van der Waals surface area contributed by atoms with Crippen LogP contribution in [0.4, 0.5) is 4.79 Å². The highest BCUT2D eigenvalue weighted by Gasteiger charge is 2.59. The lowest BCUT2D eigenvalue weighted by molar-refractivity contribution is -0.163. The van der Waals surface area contributed by atoms with E-state index < -0.39 is 53.4 Å². The van der Waals surface area contributed by atoms with Crippen LogP contribution in [-0.4, -0.2) is 77.9 Å². The number of alkyl carbamates (subject to hydrolysis) is 1. The van der Waals surface area contributed by atoms with Crippen molar-refractivity contribution in [3.63, 3.8) is 0 Å². The topological polar surface area (TPSA) is 222 Å². The summed E-state index contributed by atoms with van der Waals surface area (Å²) in [6.07, 6.45) is 3.60. The summed E-state index contributed by atoms with van der Waals surface area (Å²) < 4.78 is 22.5. The Morgan fingerprint density at radius 3 is 2.57 bits per heavy atom. The number of rotatable bonds is 12. The van der Waals surface area contributed by atoms with Gasteiger partial charge in [0.15, 0.2) is 11.9 Å². The summed E-state index contributed by atoms with van der Waals surface area (Å²) >= 11 is 0. The van der Waals surface area contributed by atoms with Gasteiger partial charge in [-0.3, -0.25) is 20.3 Å². The molecule has 14 nitrogen and oxygen atoms in total. The third-order valence-electron chi connectivity index (χ3n) is 8.36. The van der Waals surface area contributed by atoms with E-state index in [9.17, 15) is 24.8 Å². The Bertz CT molecular complexity index is 1280. The Balaban J connectivity index is 1.85. The van der Waals surface area contributed by atoms with Gasteiger partial charge in [-0.25, -0.2) is 9.79 Å². The number of nitrogens with one attached hydrogen (secondary N) is 3. The second kappa shape index (κ2) is 16.7. The number of aromatic nitrogens is 1. The molecule has 1 aromatic heterocycles. The summed E-state index contributed by atoms with van der Waals surface area (Å²) in [6, 6.07) is 3.84. The SMILES string of the molecule is CCCCOC(=O)NC(=NC=N)c1ccc([C@]2(C#N)O[C@H](COC(=O)CC3CCCCCC3)[C@@H](OC(=O)[C@@H](N)C(C)(C)C)[C@H]2O)[nH]1. The van der Waals surface area contributed by atoms with Gasteiger partial charge in [-0.1, -0.05) is 59.8 Å². The first-order chi connectivity index (χ1) is 21.9. The van der Waals surface area contributed by atoms with Crippen molar-refractivity contribution < 1.29 is 38.4 Å².